The average molecular weight is 270 g/mol. The summed E-state index contributed by atoms with van der Waals surface area (Å²) in [6.07, 6.45) is 0.965. The Bertz CT molecular complexity index is 351. The van der Waals surface area contributed by atoms with Crippen LogP contribution >= 0.6 is 15.9 Å². The number of rotatable bonds is 3. The second kappa shape index (κ2) is 5.31. The third-order valence-corrected chi connectivity index (χ3v) is 3.37. The fourth-order valence-corrected chi connectivity index (χ4v) is 1.75. The van der Waals surface area contributed by atoms with Crippen molar-refractivity contribution in [3.05, 3.63) is 34.3 Å². The molecule has 1 aromatic carbocycles. The molecule has 0 heterocycles. The van der Waals surface area contributed by atoms with Crippen LogP contribution in [0.2, 0.25) is 0 Å². The van der Waals surface area contributed by atoms with E-state index in [-0.39, 0.29) is 11.9 Å². The lowest BCUT2D eigenvalue weighted by atomic mass is 10.1. The van der Waals surface area contributed by atoms with Crippen molar-refractivity contribution in [1.82, 2.24) is 4.90 Å². The number of halogens is 1. The van der Waals surface area contributed by atoms with Gasteiger partial charge >= 0.3 is 0 Å². The molecule has 3 heteroatoms. The van der Waals surface area contributed by atoms with Crippen LogP contribution in [0.3, 0.4) is 0 Å². The van der Waals surface area contributed by atoms with Gasteiger partial charge in [-0.15, -0.1) is 0 Å². The van der Waals surface area contributed by atoms with Gasteiger partial charge < -0.3 is 4.90 Å². The van der Waals surface area contributed by atoms with E-state index in [1.54, 1.807) is 4.90 Å². The highest BCUT2D eigenvalue weighted by molar-refractivity contribution is 9.10. The Labute approximate surface area is 99.4 Å². The van der Waals surface area contributed by atoms with E-state index in [2.05, 4.69) is 29.8 Å². The van der Waals surface area contributed by atoms with Crippen LogP contribution in [-0.2, 0) is 0 Å². The minimum absolute atomic E-state index is 0.0665. The number of hydrogen-bond acceptors (Lipinski definition) is 1. The first-order chi connectivity index (χ1) is 7.07. The standard InChI is InChI=1S/C12H16BrNO/c1-4-9(2)14(3)12(15)10-7-5-6-8-11(10)13/h5-9H,4H2,1-3H3. The molecular formula is C12H16BrNO. The molecule has 1 aromatic rings. The second-order valence-electron chi connectivity index (χ2n) is 3.65. The molecule has 1 atom stereocenters. The van der Waals surface area contributed by atoms with Crippen LogP contribution in [0.1, 0.15) is 30.6 Å². The summed E-state index contributed by atoms with van der Waals surface area (Å²) >= 11 is 3.39. The molecule has 0 saturated heterocycles. The van der Waals surface area contributed by atoms with Crippen LogP contribution in [-0.4, -0.2) is 23.9 Å². The Kier molecular flexibility index (Phi) is 4.33. The third kappa shape index (κ3) is 2.81. The molecule has 0 spiro atoms. The maximum atomic E-state index is 12.1. The van der Waals surface area contributed by atoms with E-state index in [1.165, 1.54) is 0 Å². The van der Waals surface area contributed by atoms with Crippen LogP contribution in [0, 0.1) is 0 Å². The van der Waals surface area contributed by atoms with Gasteiger partial charge in [0.1, 0.15) is 0 Å². The normalized spacial score (nSPS) is 12.3. The van der Waals surface area contributed by atoms with Crippen molar-refractivity contribution in [3.63, 3.8) is 0 Å². The first-order valence-electron chi connectivity index (χ1n) is 5.09. The van der Waals surface area contributed by atoms with E-state index in [0.29, 0.717) is 0 Å². The summed E-state index contributed by atoms with van der Waals surface area (Å²) in [6.45, 7) is 4.13. The van der Waals surface area contributed by atoms with Crippen molar-refractivity contribution < 1.29 is 4.79 Å². The van der Waals surface area contributed by atoms with Crippen LogP contribution in [0.4, 0.5) is 0 Å². The zero-order chi connectivity index (χ0) is 11.4. The molecule has 1 rings (SSSR count). The summed E-state index contributed by atoms with van der Waals surface area (Å²) in [5, 5.41) is 0. The highest BCUT2D eigenvalue weighted by Crippen LogP contribution is 2.18. The zero-order valence-electron chi connectivity index (χ0n) is 9.33. The van der Waals surface area contributed by atoms with Gasteiger partial charge in [0.2, 0.25) is 0 Å². The largest absolute Gasteiger partial charge is 0.339 e. The fraction of sp³-hybridized carbons (Fsp3) is 0.417. The van der Waals surface area contributed by atoms with E-state index in [1.807, 2.05) is 31.3 Å². The summed E-state index contributed by atoms with van der Waals surface area (Å²) in [5.41, 5.74) is 0.723. The predicted octanol–water partition coefficient (Wildman–Crippen LogP) is 3.32. The van der Waals surface area contributed by atoms with Crippen molar-refractivity contribution in [2.24, 2.45) is 0 Å². The highest BCUT2D eigenvalue weighted by atomic mass is 79.9. The second-order valence-corrected chi connectivity index (χ2v) is 4.51. The van der Waals surface area contributed by atoms with Crippen molar-refractivity contribution in [2.75, 3.05) is 7.05 Å². The molecular weight excluding hydrogens is 254 g/mol. The Balaban J connectivity index is 2.90. The van der Waals surface area contributed by atoms with Crippen molar-refractivity contribution >= 4 is 21.8 Å². The third-order valence-electron chi connectivity index (χ3n) is 2.68. The summed E-state index contributed by atoms with van der Waals surface area (Å²) in [4.78, 5) is 13.8. The SMILES string of the molecule is CCC(C)N(C)C(=O)c1ccccc1Br. The number of carbonyl (C=O) groups excluding carboxylic acids is 1. The fourth-order valence-electron chi connectivity index (χ4n) is 1.30. The smallest absolute Gasteiger partial charge is 0.254 e. The Morgan fingerprint density at radius 3 is 2.60 bits per heavy atom. The molecule has 0 fully saturated rings. The number of benzene rings is 1. The molecule has 1 unspecified atom stereocenters. The number of nitrogens with zero attached hydrogens (tertiary/aromatic N) is 1. The van der Waals surface area contributed by atoms with E-state index in [4.69, 9.17) is 0 Å². The van der Waals surface area contributed by atoms with Crippen LogP contribution in [0.5, 0.6) is 0 Å². The van der Waals surface area contributed by atoms with E-state index >= 15 is 0 Å². The molecule has 0 bridgehead atoms. The molecule has 0 N–H and O–H groups in total. The summed E-state index contributed by atoms with van der Waals surface area (Å²) in [7, 11) is 1.84. The summed E-state index contributed by atoms with van der Waals surface area (Å²) < 4.78 is 0.852. The minimum atomic E-state index is 0.0665. The number of amides is 1. The maximum Gasteiger partial charge on any atom is 0.254 e. The molecule has 15 heavy (non-hydrogen) atoms. The van der Waals surface area contributed by atoms with Crippen molar-refractivity contribution in [3.8, 4) is 0 Å². The molecule has 0 aliphatic rings. The molecule has 1 amide bonds. The van der Waals surface area contributed by atoms with Gasteiger partial charge in [-0.05, 0) is 41.4 Å². The van der Waals surface area contributed by atoms with Gasteiger partial charge in [-0.25, -0.2) is 0 Å². The predicted molar refractivity (Wildman–Crippen MR) is 66.0 cm³/mol. The lowest BCUT2D eigenvalue weighted by Crippen LogP contribution is -2.34. The minimum Gasteiger partial charge on any atom is -0.339 e. The lowest BCUT2D eigenvalue weighted by Gasteiger charge is -2.24. The Hall–Kier alpha value is -0.830. The lowest BCUT2D eigenvalue weighted by molar-refractivity contribution is 0.0739. The van der Waals surface area contributed by atoms with Crippen LogP contribution in [0.25, 0.3) is 0 Å². The topological polar surface area (TPSA) is 20.3 Å². The van der Waals surface area contributed by atoms with Gasteiger partial charge in [-0.1, -0.05) is 19.1 Å². The Morgan fingerprint density at radius 2 is 2.07 bits per heavy atom. The molecule has 0 aliphatic heterocycles. The molecule has 0 radical (unpaired) electrons. The summed E-state index contributed by atoms with van der Waals surface area (Å²) in [6, 6.07) is 7.78. The van der Waals surface area contributed by atoms with Crippen molar-refractivity contribution in [1.29, 1.82) is 0 Å². The molecule has 2 nitrogen and oxygen atoms in total. The molecule has 0 saturated carbocycles. The first-order valence-corrected chi connectivity index (χ1v) is 5.89. The van der Waals surface area contributed by atoms with E-state index < -0.39 is 0 Å². The zero-order valence-corrected chi connectivity index (χ0v) is 10.9. The van der Waals surface area contributed by atoms with Gasteiger partial charge in [0, 0.05) is 17.6 Å². The van der Waals surface area contributed by atoms with Gasteiger partial charge in [0.15, 0.2) is 0 Å². The van der Waals surface area contributed by atoms with Gasteiger partial charge in [-0.2, -0.15) is 0 Å². The number of hydrogen-bond donors (Lipinski definition) is 0. The monoisotopic (exact) mass is 269 g/mol. The quantitative estimate of drug-likeness (QED) is 0.825. The molecule has 0 aliphatic carbocycles. The average Bonchev–Trinajstić information content (AvgIpc) is 2.26. The molecule has 82 valence electrons. The number of carbonyl (C=O) groups is 1. The Morgan fingerprint density at radius 1 is 1.47 bits per heavy atom. The van der Waals surface area contributed by atoms with Crippen LogP contribution < -0.4 is 0 Å². The highest BCUT2D eigenvalue weighted by Gasteiger charge is 2.17. The first kappa shape index (κ1) is 12.2. The van der Waals surface area contributed by atoms with E-state index in [0.717, 1.165) is 16.5 Å². The van der Waals surface area contributed by atoms with E-state index in [9.17, 15) is 4.79 Å². The van der Waals surface area contributed by atoms with Crippen molar-refractivity contribution in [2.45, 2.75) is 26.3 Å². The van der Waals surface area contributed by atoms with Crippen LogP contribution in [0.15, 0.2) is 28.7 Å². The summed E-state index contributed by atoms with van der Waals surface area (Å²) in [5.74, 6) is 0.0665. The van der Waals surface area contributed by atoms with Gasteiger partial charge in [0.25, 0.3) is 5.91 Å². The van der Waals surface area contributed by atoms with Gasteiger partial charge in [0.05, 0.1) is 5.56 Å². The molecule has 0 aromatic heterocycles. The maximum absolute atomic E-state index is 12.1. The van der Waals surface area contributed by atoms with Gasteiger partial charge in [-0.3, -0.25) is 4.79 Å².